The predicted octanol–water partition coefficient (Wildman–Crippen LogP) is 4.57. The zero-order valence-electron chi connectivity index (χ0n) is 21.5. The van der Waals surface area contributed by atoms with E-state index in [1.54, 1.807) is 33.0 Å². The Labute approximate surface area is 237 Å². The number of nitrogens with one attached hydrogen (secondary N) is 1. The summed E-state index contributed by atoms with van der Waals surface area (Å²) in [7, 11) is 0. The molecule has 1 saturated heterocycles. The van der Waals surface area contributed by atoms with Crippen LogP contribution in [0.3, 0.4) is 0 Å². The molecule has 7 rings (SSSR count). The Kier molecular flexibility index (Phi) is 5.78. The number of hydrogen-bond acceptors (Lipinski definition) is 4. The van der Waals surface area contributed by atoms with Crippen LogP contribution in [0.2, 0.25) is 0 Å². The van der Waals surface area contributed by atoms with Gasteiger partial charge in [0, 0.05) is 52.0 Å². The molecule has 10 heteroatoms. The second kappa shape index (κ2) is 9.26. The van der Waals surface area contributed by atoms with Crippen LogP contribution in [0.4, 0.5) is 15.8 Å². The number of halogens is 2. The number of carbonyl (C=O) groups is 3. The lowest BCUT2D eigenvalue weighted by molar-refractivity contribution is -0.126. The van der Waals surface area contributed by atoms with Gasteiger partial charge in [-0.25, -0.2) is 4.39 Å². The molecule has 3 aromatic carbocycles. The highest BCUT2D eigenvalue weighted by Gasteiger charge is 2.54. The molecule has 0 aliphatic carbocycles. The van der Waals surface area contributed by atoms with Gasteiger partial charge in [-0.3, -0.25) is 19.5 Å². The van der Waals surface area contributed by atoms with Crippen molar-refractivity contribution in [1.82, 2.24) is 15.1 Å². The Morgan fingerprint density at radius 3 is 2.67 bits per heavy atom. The molecule has 1 spiro atoms. The molecule has 0 bridgehead atoms. The van der Waals surface area contributed by atoms with Crippen molar-refractivity contribution in [2.45, 2.75) is 24.7 Å². The van der Waals surface area contributed by atoms with E-state index in [0.717, 1.165) is 32.2 Å². The Morgan fingerprint density at radius 2 is 1.85 bits per heavy atom. The van der Waals surface area contributed by atoms with E-state index in [2.05, 4.69) is 26.1 Å². The second-order valence-electron chi connectivity index (χ2n) is 10.6. The third-order valence-corrected chi connectivity index (χ3v) is 9.20. The summed E-state index contributed by atoms with van der Waals surface area (Å²) in [5, 5.41) is 7.80. The number of hydrogen-bond donors (Lipinski definition) is 1. The van der Waals surface area contributed by atoms with Gasteiger partial charge in [0.1, 0.15) is 12.4 Å². The molecule has 1 aromatic heterocycles. The van der Waals surface area contributed by atoms with E-state index < -0.39 is 5.41 Å². The zero-order chi connectivity index (χ0) is 27.6. The smallest absolute Gasteiger partial charge is 0.253 e. The molecule has 3 aliphatic heterocycles. The molecule has 1 N–H and O–H groups in total. The summed E-state index contributed by atoms with van der Waals surface area (Å²) >= 11 is 3.67. The van der Waals surface area contributed by atoms with Crippen molar-refractivity contribution in [3.8, 4) is 0 Å². The topological polar surface area (TPSA) is 89.6 Å². The van der Waals surface area contributed by atoms with Gasteiger partial charge >= 0.3 is 0 Å². The average molecular weight is 602 g/mol. The van der Waals surface area contributed by atoms with Gasteiger partial charge in [-0.2, -0.15) is 5.10 Å². The molecule has 0 saturated carbocycles. The molecule has 202 valence electrons. The molecule has 1 fully saturated rings. The van der Waals surface area contributed by atoms with Crippen molar-refractivity contribution in [3.63, 3.8) is 0 Å². The van der Waals surface area contributed by atoms with Gasteiger partial charge in [-0.15, -0.1) is 0 Å². The number of nitrogens with zero attached hydrogens (tertiary/aromatic N) is 4. The maximum atomic E-state index is 14.2. The minimum absolute atomic E-state index is 0.0769. The van der Waals surface area contributed by atoms with Gasteiger partial charge in [0.2, 0.25) is 11.8 Å². The third-order valence-electron chi connectivity index (χ3n) is 8.54. The number of aromatic amines is 1. The highest BCUT2D eigenvalue weighted by molar-refractivity contribution is 9.10. The highest BCUT2D eigenvalue weighted by atomic mass is 79.9. The molecular weight excluding hydrogens is 577 g/mol. The van der Waals surface area contributed by atoms with Crippen molar-refractivity contribution in [2.24, 2.45) is 0 Å². The van der Waals surface area contributed by atoms with E-state index in [9.17, 15) is 18.8 Å². The highest BCUT2D eigenvalue weighted by Crippen LogP contribution is 2.51. The van der Waals surface area contributed by atoms with E-state index >= 15 is 0 Å². The fraction of sp³-hybridized carbons (Fsp3) is 0.267. The van der Waals surface area contributed by atoms with Gasteiger partial charge in [0.05, 0.1) is 17.1 Å². The number of anilines is 2. The van der Waals surface area contributed by atoms with Gasteiger partial charge in [-0.1, -0.05) is 22.0 Å². The Morgan fingerprint density at radius 1 is 1.02 bits per heavy atom. The van der Waals surface area contributed by atoms with Crippen LogP contribution in [0.5, 0.6) is 0 Å². The number of piperidine rings is 1. The van der Waals surface area contributed by atoms with E-state index in [1.807, 2.05) is 30.3 Å². The monoisotopic (exact) mass is 601 g/mol. The molecule has 0 unspecified atom stereocenters. The quantitative estimate of drug-likeness (QED) is 0.372. The summed E-state index contributed by atoms with van der Waals surface area (Å²) < 4.78 is 14.5. The van der Waals surface area contributed by atoms with Crippen LogP contribution in [0.25, 0.3) is 10.9 Å². The number of likely N-dealkylation sites (tertiary alicyclic amines) is 1. The first-order chi connectivity index (χ1) is 19.4. The van der Waals surface area contributed by atoms with Crippen LogP contribution in [-0.4, -0.2) is 59.0 Å². The van der Waals surface area contributed by atoms with Gasteiger partial charge < -0.3 is 14.7 Å². The van der Waals surface area contributed by atoms with Crippen LogP contribution >= 0.6 is 15.9 Å². The third kappa shape index (κ3) is 3.76. The normalized spacial score (nSPS) is 17.6. The molecule has 0 atom stereocenters. The summed E-state index contributed by atoms with van der Waals surface area (Å²) in [5.74, 6) is -0.723. The number of rotatable bonds is 3. The van der Waals surface area contributed by atoms with Crippen LogP contribution in [-0.2, 0) is 21.4 Å². The first kappa shape index (κ1) is 25.0. The SMILES string of the molecule is O=C(c1ccc2[nH]ncc2c1)N1CCC2(CC1)C(=O)N(CC(=O)N1CCc3cc(F)ccc31)c1cccc(Br)c12. The minimum atomic E-state index is -0.826. The van der Waals surface area contributed by atoms with E-state index in [1.165, 1.54) is 12.1 Å². The molecular formula is C30H25BrFN5O3. The molecule has 4 heterocycles. The number of fused-ring (bicyclic) bond motifs is 4. The minimum Gasteiger partial charge on any atom is -0.339 e. The van der Waals surface area contributed by atoms with Crippen LogP contribution in [0.15, 0.2) is 65.3 Å². The maximum Gasteiger partial charge on any atom is 0.253 e. The molecule has 3 aliphatic rings. The van der Waals surface area contributed by atoms with Crippen LogP contribution < -0.4 is 9.80 Å². The van der Waals surface area contributed by atoms with Gasteiger partial charge in [0.25, 0.3) is 5.91 Å². The molecule has 3 amide bonds. The number of carbonyl (C=O) groups excluding carboxylic acids is 3. The Hall–Kier alpha value is -4.05. The van der Waals surface area contributed by atoms with Crippen molar-refractivity contribution in [3.05, 3.63) is 87.8 Å². The number of aromatic nitrogens is 2. The largest absolute Gasteiger partial charge is 0.339 e. The Bertz CT molecular complexity index is 1710. The fourth-order valence-electron chi connectivity index (χ4n) is 6.51. The van der Waals surface area contributed by atoms with Crippen LogP contribution in [0, 0.1) is 5.82 Å². The van der Waals surface area contributed by atoms with E-state index in [4.69, 9.17) is 0 Å². The van der Waals surface area contributed by atoms with Crippen LogP contribution in [0.1, 0.15) is 34.3 Å². The van der Waals surface area contributed by atoms with Crippen molar-refractivity contribution in [1.29, 1.82) is 0 Å². The second-order valence-corrected chi connectivity index (χ2v) is 11.5. The first-order valence-electron chi connectivity index (χ1n) is 13.3. The number of amides is 3. The van der Waals surface area contributed by atoms with Gasteiger partial charge in [0.15, 0.2) is 0 Å². The zero-order valence-corrected chi connectivity index (χ0v) is 23.1. The van der Waals surface area contributed by atoms with Crippen molar-refractivity contribution < 1.29 is 18.8 Å². The van der Waals surface area contributed by atoms with E-state index in [0.29, 0.717) is 50.1 Å². The maximum absolute atomic E-state index is 14.2. The summed E-state index contributed by atoms with van der Waals surface area (Å²) in [6.45, 7) is 1.19. The summed E-state index contributed by atoms with van der Waals surface area (Å²) in [5.41, 5.74) is 3.72. The molecule has 4 aromatic rings. The molecule has 8 nitrogen and oxygen atoms in total. The van der Waals surface area contributed by atoms with Crippen molar-refractivity contribution in [2.75, 3.05) is 36.0 Å². The average Bonchev–Trinajstić information content (AvgIpc) is 3.66. The van der Waals surface area contributed by atoms with Gasteiger partial charge in [-0.05, 0) is 73.4 Å². The number of benzene rings is 3. The predicted molar refractivity (Wildman–Crippen MR) is 152 cm³/mol. The summed E-state index contributed by atoms with van der Waals surface area (Å²) in [4.78, 5) is 46.1. The summed E-state index contributed by atoms with van der Waals surface area (Å²) in [6, 6.07) is 15.6. The molecule has 40 heavy (non-hydrogen) atoms. The molecule has 0 radical (unpaired) electrons. The Balaban J connectivity index is 1.14. The lowest BCUT2D eigenvalue weighted by Gasteiger charge is -2.39. The summed E-state index contributed by atoms with van der Waals surface area (Å²) in [6.07, 6.45) is 3.18. The first-order valence-corrected chi connectivity index (χ1v) is 14.1. The fourth-order valence-corrected chi connectivity index (χ4v) is 7.24. The number of H-pyrrole nitrogens is 1. The van der Waals surface area contributed by atoms with E-state index in [-0.39, 0.29) is 30.1 Å². The lowest BCUT2D eigenvalue weighted by Crippen LogP contribution is -2.51. The standard InChI is InChI=1S/C30H25BrFN5O3/c31-22-2-1-3-25-27(22)30(9-12-35(13-10-30)28(39)19-4-6-23-20(14-19)16-33-34-23)29(40)37(25)17-26(38)36-11-8-18-15-21(32)5-7-24(18)36/h1-7,14-16H,8-13,17H2,(H,33,34). The van der Waals surface area contributed by atoms with Crippen molar-refractivity contribution >= 4 is 55.9 Å². The lowest BCUT2D eigenvalue weighted by atomic mass is 9.73.